The number of terminal acetylenes is 1. The number of fused-ring (bicyclic) bond motifs is 5. The fraction of sp³-hybridized carbons (Fsp3) is 0.341. The Labute approximate surface area is 333 Å². The molecule has 2 unspecified atom stereocenters. The average molecular weight is 840 g/mol. The van der Waals surface area contributed by atoms with Crippen LogP contribution in [0.4, 0.5) is 34.0 Å². The van der Waals surface area contributed by atoms with Crippen LogP contribution in [0.2, 0.25) is 0 Å². The zero-order valence-corrected chi connectivity index (χ0v) is 32.0. The molecule has 5 aromatic rings. The third kappa shape index (κ3) is 6.64. The fourth-order valence-corrected chi connectivity index (χ4v) is 10.1. The Morgan fingerprint density at radius 1 is 0.983 bits per heavy atom. The number of phenols is 1. The van der Waals surface area contributed by atoms with Crippen molar-refractivity contribution in [2.75, 3.05) is 37.7 Å². The third-order valence-electron chi connectivity index (χ3n) is 12.2. The molecule has 308 valence electrons. The Hall–Kier alpha value is -5.67. The van der Waals surface area contributed by atoms with Gasteiger partial charge in [-0.2, -0.15) is 9.97 Å². The minimum atomic E-state index is -9.96. The first-order valence-corrected chi connectivity index (χ1v) is 21.0. The second-order valence-corrected chi connectivity index (χ2v) is 18.2. The zero-order chi connectivity index (χ0) is 41.7. The maximum Gasteiger partial charge on any atom is 0.319 e. The maximum absolute atomic E-state index is 17.1. The molecule has 0 radical (unpaired) electrons. The molecule has 2 aromatic heterocycles. The molecule has 59 heavy (non-hydrogen) atoms. The monoisotopic (exact) mass is 839 g/mol. The Balaban J connectivity index is 1.08. The number of rotatable bonds is 8. The summed E-state index contributed by atoms with van der Waals surface area (Å²) in [5.74, 6) is -0.0362. The molecule has 4 fully saturated rings. The second kappa shape index (κ2) is 12.9. The van der Waals surface area contributed by atoms with Crippen molar-refractivity contribution in [2.45, 2.75) is 61.0 Å². The standard InChI is InChI=1S/C41H36F7N7O3S/c1-2-29-32(42)12-7-24-17-27(56)18-30(33(24)29)36-34(43)37-31(19-50-36)38(52-40(51-37)58-22-41-13-3-15-54(41)16-4-14-41)53-20-25-8-9-26(21-53)55(25)39(57)35(49)23-5-10-28(11-6-23)59(44,45,46,47)48/h1,5-7,10-12,17-19,25-26,49,56H,3-4,8-9,13-16,20-22H2. The van der Waals surface area contributed by atoms with Gasteiger partial charge in [0.25, 0.3) is 5.91 Å². The molecule has 3 aromatic carbocycles. The summed E-state index contributed by atoms with van der Waals surface area (Å²) in [6.07, 6.45) is 11.9. The van der Waals surface area contributed by atoms with Crippen molar-refractivity contribution in [1.82, 2.24) is 24.8 Å². The molecule has 9 rings (SSSR count). The van der Waals surface area contributed by atoms with E-state index in [9.17, 15) is 33.7 Å². The molecule has 0 aliphatic carbocycles. The van der Waals surface area contributed by atoms with Gasteiger partial charge in [-0.3, -0.25) is 20.1 Å². The number of ether oxygens (including phenoxy) is 1. The number of nitrogens with zero attached hydrogens (tertiary/aromatic N) is 6. The Morgan fingerprint density at radius 2 is 1.66 bits per heavy atom. The molecule has 2 atom stereocenters. The molecule has 0 saturated carbocycles. The average Bonchev–Trinajstić information content (AvgIpc) is 3.86. The first kappa shape index (κ1) is 38.8. The van der Waals surface area contributed by atoms with E-state index in [1.807, 2.05) is 4.90 Å². The highest BCUT2D eigenvalue weighted by Gasteiger charge is 2.65. The lowest BCUT2D eigenvalue weighted by molar-refractivity contribution is -0.127. The van der Waals surface area contributed by atoms with Gasteiger partial charge in [0.15, 0.2) is 5.82 Å². The molecule has 6 heterocycles. The third-order valence-corrected chi connectivity index (χ3v) is 13.4. The Bertz CT molecular complexity index is 2640. The number of anilines is 1. The van der Waals surface area contributed by atoms with Crippen LogP contribution in [0.25, 0.3) is 32.9 Å². The summed E-state index contributed by atoms with van der Waals surface area (Å²) in [6.45, 7) is 2.46. The number of aromatic nitrogens is 3. The number of pyridine rings is 1. The largest absolute Gasteiger partial charge is 0.508 e. The van der Waals surface area contributed by atoms with Gasteiger partial charge in [-0.05, 0) is 87.3 Å². The van der Waals surface area contributed by atoms with Crippen molar-refractivity contribution in [3.05, 3.63) is 77.5 Å². The summed E-state index contributed by atoms with van der Waals surface area (Å²) < 4.78 is 105. The smallest absolute Gasteiger partial charge is 0.319 e. The van der Waals surface area contributed by atoms with E-state index in [2.05, 4.69) is 20.8 Å². The summed E-state index contributed by atoms with van der Waals surface area (Å²) in [6, 6.07) is 5.83. The summed E-state index contributed by atoms with van der Waals surface area (Å²) in [5, 5.41) is 19.9. The molecule has 10 nitrogen and oxygen atoms in total. The van der Waals surface area contributed by atoms with Crippen LogP contribution >= 0.6 is 10.2 Å². The predicted octanol–water partition coefficient (Wildman–Crippen LogP) is 8.72. The molecule has 2 bridgehead atoms. The van der Waals surface area contributed by atoms with E-state index >= 15 is 4.39 Å². The van der Waals surface area contributed by atoms with Crippen LogP contribution in [0, 0.1) is 29.4 Å². The number of piperazine rings is 1. The van der Waals surface area contributed by atoms with Crippen LogP contribution in [0.1, 0.15) is 49.7 Å². The van der Waals surface area contributed by atoms with E-state index in [0.717, 1.165) is 44.8 Å². The molecular weight excluding hydrogens is 804 g/mol. The highest BCUT2D eigenvalue weighted by molar-refractivity contribution is 8.45. The van der Waals surface area contributed by atoms with Gasteiger partial charge in [0.05, 0.1) is 28.6 Å². The zero-order valence-electron chi connectivity index (χ0n) is 31.2. The minimum absolute atomic E-state index is 0.0387. The van der Waals surface area contributed by atoms with E-state index in [0.29, 0.717) is 30.4 Å². The number of halogens is 7. The first-order chi connectivity index (χ1) is 27.8. The van der Waals surface area contributed by atoms with Crippen LogP contribution in [-0.2, 0) is 4.79 Å². The Morgan fingerprint density at radius 3 is 2.31 bits per heavy atom. The lowest BCUT2D eigenvalue weighted by Gasteiger charge is -2.42. The maximum atomic E-state index is 17.1. The van der Waals surface area contributed by atoms with Gasteiger partial charge in [-0.15, -0.1) is 6.42 Å². The minimum Gasteiger partial charge on any atom is -0.508 e. The quantitative estimate of drug-likeness (QED) is 0.0906. The lowest BCUT2D eigenvalue weighted by atomic mass is 9.95. The summed E-state index contributed by atoms with van der Waals surface area (Å²) in [4.78, 5) is 31.1. The first-order valence-electron chi connectivity index (χ1n) is 19.0. The van der Waals surface area contributed by atoms with Crippen LogP contribution in [0.5, 0.6) is 11.8 Å². The summed E-state index contributed by atoms with van der Waals surface area (Å²) >= 11 is 0. The van der Waals surface area contributed by atoms with E-state index in [4.69, 9.17) is 21.6 Å². The molecule has 4 aliphatic rings. The molecule has 18 heteroatoms. The van der Waals surface area contributed by atoms with Crippen LogP contribution < -0.4 is 9.64 Å². The van der Waals surface area contributed by atoms with E-state index < -0.39 is 50.5 Å². The van der Waals surface area contributed by atoms with Gasteiger partial charge in [0.1, 0.15) is 45.8 Å². The van der Waals surface area contributed by atoms with Crippen molar-refractivity contribution in [1.29, 1.82) is 5.41 Å². The van der Waals surface area contributed by atoms with Crippen LogP contribution in [0.15, 0.2) is 59.6 Å². The highest BCUT2D eigenvalue weighted by Crippen LogP contribution is 3.02. The Kier molecular flexibility index (Phi) is 8.50. The lowest BCUT2D eigenvalue weighted by Crippen LogP contribution is -2.57. The molecular formula is C41H36F7N7O3S. The SMILES string of the molecule is C#Cc1c(F)ccc2cc(O)cc(-c3ncc4c(N5CC6CCC(C5)N6C(=O)C(=N)c5ccc(S(F)(F)(F)(F)F)cc5)nc(OCC56CCCN5CCC6)nc4c3F)c12. The number of aromatic hydroxyl groups is 1. The van der Waals surface area contributed by atoms with Gasteiger partial charge < -0.3 is 19.6 Å². The van der Waals surface area contributed by atoms with Crippen molar-refractivity contribution in [3.63, 3.8) is 0 Å². The van der Waals surface area contributed by atoms with E-state index in [1.54, 1.807) is 0 Å². The number of hydrogen-bond donors (Lipinski definition) is 2. The number of phenolic OH excluding ortho intramolecular Hbond substituents is 1. The van der Waals surface area contributed by atoms with E-state index in [1.165, 1.54) is 29.3 Å². The summed E-state index contributed by atoms with van der Waals surface area (Å²) in [5.41, 5.74) is -1.62. The summed E-state index contributed by atoms with van der Waals surface area (Å²) in [7, 11) is -9.96. The van der Waals surface area contributed by atoms with Gasteiger partial charge in [0, 0.05) is 35.8 Å². The van der Waals surface area contributed by atoms with Gasteiger partial charge >= 0.3 is 16.2 Å². The van der Waals surface area contributed by atoms with Crippen molar-refractivity contribution in [3.8, 4) is 35.4 Å². The van der Waals surface area contributed by atoms with Crippen LogP contribution in [-0.4, -0.2) is 91.9 Å². The molecule has 1 amide bonds. The van der Waals surface area contributed by atoms with Gasteiger partial charge in [-0.1, -0.05) is 43.5 Å². The normalized spacial score (nSPS) is 21.3. The number of benzene rings is 3. The molecule has 4 saturated heterocycles. The number of carbonyl (C=O) groups is 1. The van der Waals surface area contributed by atoms with E-state index in [-0.39, 0.29) is 93.6 Å². The topological polar surface area (TPSA) is 119 Å². The van der Waals surface area contributed by atoms with Gasteiger partial charge in [0.2, 0.25) is 0 Å². The van der Waals surface area contributed by atoms with Gasteiger partial charge in [-0.25, -0.2) is 8.78 Å². The predicted molar refractivity (Wildman–Crippen MR) is 209 cm³/mol. The van der Waals surface area contributed by atoms with Crippen molar-refractivity contribution < 1.29 is 42.8 Å². The number of nitrogens with one attached hydrogen (secondary N) is 1. The molecule has 4 aliphatic heterocycles. The number of carbonyl (C=O) groups excluding carboxylic acids is 1. The second-order valence-electron chi connectivity index (χ2n) is 15.7. The number of amides is 1. The van der Waals surface area contributed by atoms with Crippen LogP contribution in [0.3, 0.4) is 0 Å². The molecule has 2 N–H and O–H groups in total. The van der Waals surface area contributed by atoms with Crippen molar-refractivity contribution >= 4 is 49.3 Å². The fourth-order valence-electron chi connectivity index (χ4n) is 9.47. The molecule has 0 spiro atoms. The number of hydrogen-bond acceptors (Lipinski definition) is 9. The highest BCUT2D eigenvalue weighted by atomic mass is 32.5. The van der Waals surface area contributed by atoms with Crippen molar-refractivity contribution in [2.24, 2.45) is 0 Å².